The van der Waals surface area contributed by atoms with Gasteiger partial charge in [0.15, 0.2) is 0 Å². The maximum Gasteiger partial charge on any atom is 0.0828 e. The zero-order chi connectivity index (χ0) is 9.57. The van der Waals surface area contributed by atoms with Gasteiger partial charge in [0.1, 0.15) is 0 Å². The fourth-order valence-corrected chi connectivity index (χ4v) is 1.96. The molecule has 2 N–H and O–H groups in total. The van der Waals surface area contributed by atoms with Crippen LogP contribution in [0.4, 0.5) is 0 Å². The molecule has 76 valence electrons. The average Bonchev–Trinajstić information content (AvgIpc) is 2.09. The summed E-state index contributed by atoms with van der Waals surface area (Å²) in [6, 6.07) is 0. The molecule has 0 heterocycles. The van der Waals surface area contributed by atoms with Crippen LogP contribution in [-0.2, 0) is 0 Å². The third kappa shape index (κ3) is 3.92. The molecular weight excluding hydrogens is 164 g/mol. The lowest BCUT2D eigenvalue weighted by Crippen LogP contribution is -2.26. The predicted octanol–water partition coefficient (Wildman–Crippen LogP) is 2.01. The summed E-state index contributed by atoms with van der Waals surface area (Å²) < 4.78 is 0. The Balaban J connectivity index is 2.46. The molecule has 0 bridgehead atoms. The van der Waals surface area contributed by atoms with Crippen LogP contribution in [-0.4, -0.2) is 22.4 Å². The number of aliphatic hydroxyl groups excluding tert-OH is 1. The van der Waals surface area contributed by atoms with E-state index >= 15 is 0 Å². The van der Waals surface area contributed by atoms with Crippen LogP contribution in [0.3, 0.4) is 0 Å². The highest BCUT2D eigenvalue weighted by Gasteiger charge is 2.23. The normalized spacial score (nSPS) is 24.2. The molecule has 0 aliphatic heterocycles. The molecule has 0 unspecified atom stereocenters. The van der Waals surface area contributed by atoms with E-state index in [0.717, 1.165) is 25.7 Å². The maximum absolute atomic E-state index is 10.1. The van der Waals surface area contributed by atoms with Gasteiger partial charge in [-0.3, -0.25) is 0 Å². The molecule has 0 aromatic heterocycles. The number of hydrogen-bond donors (Lipinski definition) is 2. The maximum atomic E-state index is 10.1. The first kappa shape index (κ1) is 10.7. The Morgan fingerprint density at radius 2 is 1.54 bits per heavy atom. The van der Waals surface area contributed by atoms with Gasteiger partial charge in [-0.05, 0) is 12.8 Å². The summed E-state index contributed by atoms with van der Waals surface area (Å²) in [5, 5.41) is 18.7. The third-order valence-electron chi connectivity index (χ3n) is 2.75. The van der Waals surface area contributed by atoms with E-state index in [-0.39, 0.29) is 6.61 Å². The molecule has 1 rings (SSSR count). The zero-order valence-corrected chi connectivity index (χ0v) is 8.21. The van der Waals surface area contributed by atoms with Gasteiger partial charge >= 0.3 is 0 Å². The number of aliphatic hydroxyl groups is 2. The van der Waals surface area contributed by atoms with Gasteiger partial charge in [-0.1, -0.05) is 44.3 Å². The monoisotopic (exact) mass is 184 g/mol. The van der Waals surface area contributed by atoms with Crippen LogP contribution in [0.25, 0.3) is 0 Å². The van der Waals surface area contributed by atoms with Gasteiger partial charge in [0.05, 0.1) is 12.2 Å². The van der Waals surface area contributed by atoms with Crippen molar-refractivity contribution in [3.8, 4) is 0 Å². The van der Waals surface area contributed by atoms with E-state index in [1.165, 1.54) is 19.3 Å². The summed E-state index contributed by atoms with van der Waals surface area (Å²) in [5.74, 6) is 0. The van der Waals surface area contributed by atoms with Crippen molar-refractivity contribution < 1.29 is 10.2 Å². The van der Waals surface area contributed by atoms with Crippen LogP contribution >= 0.6 is 0 Å². The summed E-state index contributed by atoms with van der Waals surface area (Å²) in [6.45, 7) is 0.0301. The van der Waals surface area contributed by atoms with Crippen molar-refractivity contribution in [1.82, 2.24) is 0 Å². The quantitative estimate of drug-likeness (QED) is 0.644. The highest BCUT2D eigenvalue weighted by Crippen LogP contribution is 2.27. The summed E-state index contributed by atoms with van der Waals surface area (Å²) in [7, 11) is 0. The van der Waals surface area contributed by atoms with Crippen molar-refractivity contribution in [3.05, 3.63) is 12.2 Å². The molecule has 0 spiro atoms. The lowest BCUT2D eigenvalue weighted by Gasteiger charge is -2.26. The first-order valence-corrected chi connectivity index (χ1v) is 5.28. The van der Waals surface area contributed by atoms with Crippen LogP contribution in [0.15, 0.2) is 12.2 Å². The second-order valence-electron chi connectivity index (χ2n) is 3.96. The first-order chi connectivity index (χ1) is 6.27. The molecule has 0 saturated heterocycles. The minimum absolute atomic E-state index is 0.0301. The minimum atomic E-state index is -0.636. The van der Waals surface area contributed by atoms with Crippen molar-refractivity contribution in [3.63, 3.8) is 0 Å². The van der Waals surface area contributed by atoms with Crippen molar-refractivity contribution in [1.29, 1.82) is 0 Å². The molecule has 2 heteroatoms. The number of hydrogen-bond acceptors (Lipinski definition) is 2. The van der Waals surface area contributed by atoms with Crippen LogP contribution < -0.4 is 0 Å². The number of rotatable bonds is 2. The summed E-state index contributed by atoms with van der Waals surface area (Å²) >= 11 is 0. The largest absolute Gasteiger partial charge is 0.392 e. The Morgan fingerprint density at radius 1 is 1.00 bits per heavy atom. The van der Waals surface area contributed by atoms with Crippen LogP contribution in [0.2, 0.25) is 0 Å². The topological polar surface area (TPSA) is 40.5 Å². The lowest BCUT2D eigenvalue weighted by molar-refractivity contribution is 0.0614. The van der Waals surface area contributed by atoms with Gasteiger partial charge in [0.2, 0.25) is 0 Å². The van der Waals surface area contributed by atoms with E-state index in [1.807, 2.05) is 0 Å². The van der Waals surface area contributed by atoms with Gasteiger partial charge in [0, 0.05) is 0 Å². The Labute approximate surface area is 80.3 Å². The van der Waals surface area contributed by atoms with E-state index in [0.29, 0.717) is 0 Å². The van der Waals surface area contributed by atoms with Crippen LogP contribution in [0, 0.1) is 0 Å². The van der Waals surface area contributed by atoms with E-state index in [4.69, 9.17) is 5.11 Å². The van der Waals surface area contributed by atoms with Crippen LogP contribution in [0.1, 0.15) is 44.9 Å². The molecule has 13 heavy (non-hydrogen) atoms. The molecule has 0 atom stereocenters. The third-order valence-corrected chi connectivity index (χ3v) is 2.75. The summed E-state index contributed by atoms with van der Waals surface area (Å²) in [5.41, 5.74) is -0.636. The lowest BCUT2D eigenvalue weighted by atomic mass is 9.87. The molecule has 0 aromatic carbocycles. The van der Waals surface area contributed by atoms with Gasteiger partial charge in [-0.15, -0.1) is 0 Å². The Kier molecular flexibility index (Phi) is 4.46. The molecule has 1 aliphatic rings. The molecule has 1 aliphatic carbocycles. The standard InChI is InChI=1S/C11H20O2/c12-10-6-9-11(13)7-4-2-1-3-5-8-11/h6,9,12-13H,1-5,7-8,10H2/b9-6-. The second kappa shape index (κ2) is 5.40. The fourth-order valence-electron chi connectivity index (χ4n) is 1.96. The van der Waals surface area contributed by atoms with Crippen molar-refractivity contribution in [2.45, 2.75) is 50.5 Å². The van der Waals surface area contributed by atoms with Crippen molar-refractivity contribution in [2.24, 2.45) is 0 Å². The molecule has 0 aromatic rings. The van der Waals surface area contributed by atoms with Gasteiger partial charge in [-0.2, -0.15) is 0 Å². The van der Waals surface area contributed by atoms with Crippen molar-refractivity contribution in [2.75, 3.05) is 6.61 Å². The molecule has 0 radical (unpaired) electrons. The Morgan fingerprint density at radius 3 is 2.08 bits per heavy atom. The van der Waals surface area contributed by atoms with E-state index in [2.05, 4.69) is 0 Å². The van der Waals surface area contributed by atoms with E-state index in [1.54, 1.807) is 12.2 Å². The molecule has 2 nitrogen and oxygen atoms in total. The van der Waals surface area contributed by atoms with Crippen LogP contribution in [0.5, 0.6) is 0 Å². The van der Waals surface area contributed by atoms with Gasteiger partial charge < -0.3 is 10.2 Å². The highest BCUT2D eigenvalue weighted by molar-refractivity contribution is 5.01. The van der Waals surface area contributed by atoms with Crippen molar-refractivity contribution >= 4 is 0 Å². The zero-order valence-electron chi connectivity index (χ0n) is 8.21. The highest BCUT2D eigenvalue weighted by atomic mass is 16.3. The van der Waals surface area contributed by atoms with E-state index in [9.17, 15) is 5.11 Å². The SMILES string of the molecule is OC/C=C\C1(O)CCCCCCC1. The van der Waals surface area contributed by atoms with E-state index < -0.39 is 5.60 Å². The first-order valence-electron chi connectivity index (χ1n) is 5.28. The van der Waals surface area contributed by atoms with Gasteiger partial charge in [0.25, 0.3) is 0 Å². The molecule has 1 fully saturated rings. The summed E-state index contributed by atoms with van der Waals surface area (Å²) in [4.78, 5) is 0. The van der Waals surface area contributed by atoms with Gasteiger partial charge in [-0.25, -0.2) is 0 Å². The fraction of sp³-hybridized carbons (Fsp3) is 0.818. The second-order valence-corrected chi connectivity index (χ2v) is 3.96. The Bertz CT molecular complexity index is 155. The Hall–Kier alpha value is -0.340. The smallest absolute Gasteiger partial charge is 0.0828 e. The summed E-state index contributed by atoms with van der Waals surface area (Å²) in [6.07, 6.45) is 11.1. The molecule has 1 saturated carbocycles. The molecule has 0 amide bonds. The average molecular weight is 184 g/mol. The predicted molar refractivity (Wildman–Crippen MR) is 53.5 cm³/mol. The minimum Gasteiger partial charge on any atom is -0.392 e. The molecular formula is C11H20O2.